The van der Waals surface area contributed by atoms with Gasteiger partial charge in [0.15, 0.2) is 5.69 Å². The first-order valence-corrected chi connectivity index (χ1v) is 8.49. The van der Waals surface area contributed by atoms with E-state index in [9.17, 15) is 18.0 Å². The van der Waals surface area contributed by atoms with Crippen molar-refractivity contribution in [2.75, 3.05) is 6.61 Å². The van der Waals surface area contributed by atoms with Gasteiger partial charge in [0.2, 0.25) is 5.82 Å². The van der Waals surface area contributed by atoms with Gasteiger partial charge in [0.25, 0.3) is 0 Å². The van der Waals surface area contributed by atoms with Gasteiger partial charge in [-0.05, 0) is 43.5 Å². The lowest BCUT2D eigenvalue weighted by atomic mass is 10.1. The number of hydrogen-bond donors (Lipinski definition) is 1. The van der Waals surface area contributed by atoms with Crippen molar-refractivity contribution in [3.8, 4) is 17.1 Å². The molecule has 3 aromatic rings. The van der Waals surface area contributed by atoms with E-state index >= 15 is 0 Å². The zero-order valence-electron chi connectivity index (χ0n) is 15.4. The number of hydrogen-bond acceptors (Lipinski definition) is 7. The van der Waals surface area contributed by atoms with Gasteiger partial charge in [-0.3, -0.25) is 0 Å². The Hall–Kier alpha value is -3.37. The first-order chi connectivity index (χ1) is 13.6. The van der Waals surface area contributed by atoms with E-state index < -0.39 is 18.0 Å². The van der Waals surface area contributed by atoms with Crippen molar-refractivity contribution in [2.24, 2.45) is 0 Å². The first-order valence-electron chi connectivity index (χ1n) is 8.49. The SMILES string of the molecule is Cc1cc(-c2noc(C(F)(F)F)n2)cc(C)c1OCCCc1cc(C(=O)O)no1. The lowest BCUT2D eigenvalue weighted by Crippen LogP contribution is -2.05. The normalized spacial score (nSPS) is 11.6. The molecule has 2 aromatic heterocycles. The molecule has 0 atom stereocenters. The Bertz CT molecular complexity index is 1000. The number of ether oxygens (including phenoxy) is 1. The highest BCUT2D eigenvalue weighted by molar-refractivity contribution is 5.85. The maximum atomic E-state index is 12.6. The fourth-order valence-corrected chi connectivity index (χ4v) is 2.72. The molecule has 154 valence electrons. The molecule has 11 heteroatoms. The summed E-state index contributed by atoms with van der Waals surface area (Å²) in [6, 6.07) is 4.58. The van der Waals surface area contributed by atoms with Crippen LogP contribution >= 0.6 is 0 Å². The highest BCUT2D eigenvalue weighted by Gasteiger charge is 2.38. The standard InChI is InChI=1S/C18H16F3N3O5/c1-9-6-11(15-22-17(29-24-15)18(19,20)21)7-10(2)14(9)27-5-3-4-12-8-13(16(25)26)23-28-12/h6-8H,3-5H2,1-2H3,(H,25,26). The number of benzene rings is 1. The number of halogens is 3. The highest BCUT2D eigenvalue weighted by atomic mass is 19.4. The van der Waals surface area contributed by atoms with E-state index in [0.717, 1.165) is 0 Å². The Morgan fingerprint density at radius 2 is 1.83 bits per heavy atom. The van der Waals surface area contributed by atoms with E-state index in [1.54, 1.807) is 26.0 Å². The molecule has 0 bridgehead atoms. The van der Waals surface area contributed by atoms with Crippen molar-refractivity contribution < 1.29 is 36.9 Å². The Labute approximate surface area is 162 Å². The van der Waals surface area contributed by atoms with E-state index in [1.807, 2.05) is 0 Å². The quantitative estimate of drug-likeness (QED) is 0.579. The van der Waals surface area contributed by atoms with Crippen LogP contribution in [0.2, 0.25) is 0 Å². The van der Waals surface area contributed by atoms with Crippen LogP contribution in [-0.4, -0.2) is 33.0 Å². The summed E-state index contributed by atoms with van der Waals surface area (Å²) in [6.07, 6.45) is -3.71. The molecule has 0 fully saturated rings. The second kappa shape index (κ2) is 7.94. The van der Waals surface area contributed by atoms with Crippen LogP contribution in [0, 0.1) is 13.8 Å². The lowest BCUT2D eigenvalue weighted by molar-refractivity contribution is -0.159. The minimum Gasteiger partial charge on any atom is -0.493 e. The molecule has 8 nitrogen and oxygen atoms in total. The van der Waals surface area contributed by atoms with Gasteiger partial charge in [-0.15, -0.1) is 0 Å². The number of carboxylic acids is 1. The number of aryl methyl sites for hydroxylation is 3. The van der Waals surface area contributed by atoms with E-state index in [-0.39, 0.29) is 11.5 Å². The maximum Gasteiger partial charge on any atom is 0.471 e. The zero-order chi connectivity index (χ0) is 21.2. The molecule has 0 amide bonds. The van der Waals surface area contributed by atoms with Crippen LogP contribution in [0.5, 0.6) is 5.75 Å². The second-order valence-electron chi connectivity index (χ2n) is 6.30. The minimum absolute atomic E-state index is 0.154. The summed E-state index contributed by atoms with van der Waals surface area (Å²) in [5, 5.41) is 15.6. The molecule has 0 radical (unpaired) electrons. The van der Waals surface area contributed by atoms with Crippen LogP contribution in [0.3, 0.4) is 0 Å². The van der Waals surface area contributed by atoms with Crippen molar-refractivity contribution in [1.29, 1.82) is 0 Å². The highest BCUT2D eigenvalue weighted by Crippen LogP contribution is 2.32. The van der Waals surface area contributed by atoms with Gasteiger partial charge in [-0.2, -0.15) is 18.2 Å². The van der Waals surface area contributed by atoms with Crippen LogP contribution in [0.4, 0.5) is 13.2 Å². The zero-order valence-corrected chi connectivity index (χ0v) is 15.4. The monoisotopic (exact) mass is 411 g/mol. The summed E-state index contributed by atoms with van der Waals surface area (Å²) < 4.78 is 52.8. The molecule has 29 heavy (non-hydrogen) atoms. The van der Waals surface area contributed by atoms with E-state index in [4.69, 9.17) is 14.4 Å². The lowest BCUT2D eigenvalue weighted by Gasteiger charge is -2.13. The predicted molar refractivity (Wildman–Crippen MR) is 91.5 cm³/mol. The van der Waals surface area contributed by atoms with Gasteiger partial charge in [-0.25, -0.2) is 4.79 Å². The Morgan fingerprint density at radius 1 is 1.14 bits per heavy atom. The molecule has 0 spiro atoms. The van der Waals surface area contributed by atoms with Crippen molar-refractivity contribution >= 4 is 5.97 Å². The summed E-state index contributed by atoms with van der Waals surface area (Å²) >= 11 is 0. The average Bonchev–Trinajstić information content (AvgIpc) is 3.29. The molecular formula is C18H16F3N3O5. The van der Waals surface area contributed by atoms with Gasteiger partial charge in [0, 0.05) is 18.1 Å². The van der Waals surface area contributed by atoms with Crippen LogP contribution in [0.15, 0.2) is 27.2 Å². The molecule has 0 aliphatic heterocycles. The van der Waals surface area contributed by atoms with Crippen LogP contribution in [0.25, 0.3) is 11.4 Å². The summed E-state index contributed by atoms with van der Waals surface area (Å²) in [5.74, 6) is -1.69. The summed E-state index contributed by atoms with van der Waals surface area (Å²) in [7, 11) is 0. The van der Waals surface area contributed by atoms with E-state index in [2.05, 4.69) is 19.8 Å². The molecule has 1 aromatic carbocycles. The average molecular weight is 411 g/mol. The molecule has 1 N–H and O–H groups in total. The third kappa shape index (κ3) is 4.73. The first kappa shape index (κ1) is 20.4. The van der Waals surface area contributed by atoms with Gasteiger partial charge in [0.05, 0.1) is 6.61 Å². The Morgan fingerprint density at radius 3 is 2.38 bits per heavy atom. The molecule has 0 unspecified atom stereocenters. The molecule has 0 aliphatic carbocycles. The van der Waals surface area contributed by atoms with Crippen molar-refractivity contribution in [2.45, 2.75) is 32.9 Å². The summed E-state index contributed by atoms with van der Waals surface area (Å²) in [5.41, 5.74) is 1.63. The third-order valence-electron chi connectivity index (χ3n) is 3.98. The number of rotatable bonds is 7. The fraction of sp³-hybridized carbons (Fsp3) is 0.333. The van der Waals surface area contributed by atoms with E-state index in [1.165, 1.54) is 6.07 Å². The molecule has 0 saturated carbocycles. The largest absolute Gasteiger partial charge is 0.493 e. The topological polar surface area (TPSA) is 111 Å². The summed E-state index contributed by atoms with van der Waals surface area (Å²) in [4.78, 5) is 14.2. The molecular weight excluding hydrogens is 395 g/mol. The van der Waals surface area contributed by atoms with Crippen LogP contribution in [0.1, 0.15) is 39.7 Å². The number of carboxylic acid groups (broad SMARTS) is 1. The number of aromatic nitrogens is 3. The smallest absolute Gasteiger partial charge is 0.471 e. The molecule has 0 aliphatic rings. The number of aromatic carboxylic acids is 1. The van der Waals surface area contributed by atoms with Crippen molar-refractivity contribution in [3.63, 3.8) is 0 Å². The van der Waals surface area contributed by atoms with E-state index in [0.29, 0.717) is 47.6 Å². The number of nitrogens with zero attached hydrogens (tertiary/aromatic N) is 3. The molecule has 2 heterocycles. The molecule has 3 rings (SSSR count). The van der Waals surface area contributed by atoms with Crippen molar-refractivity contribution in [1.82, 2.24) is 15.3 Å². The van der Waals surface area contributed by atoms with Gasteiger partial charge in [-0.1, -0.05) is 10.3 Å². The minimum atomic E-state index is -4.70. The third-order valence-corrected chi connectivity index (χ3v) is 3.98. The maximum absolute atomic E-state index is 12.6. The van der Waals surface area contributed by atoms with Gasteiger partial charge >= 0.3 is 18.0 Å². The second-order valence-corrected chi connectivity index (χ2v) is 6.30. The summed E-state index contributed by atoms with van der Waals surface area (Å²) in [6.45, 7) is 3.84. The predicted octanol–water partition coefficient (Wildman–Crippen LogP) is 4.07. The number of carbonyl (C=O) groups is 1. The van der Waals surface area contributed by atoms with Crippen molar-refractivity contribution in [3.05, 3.63) is 46.7 Å². The number of alkyl halides is 3. The Kier molecular flexibility index (Phi) is 5.57. The Balaban J connectivity index is 1.63. The fourth-order valence-electron chi connectivity index (χ4n) is 2.72. The van der Waals surface area contributed by atoms with Gasteiger partial charge < -0.3 is 18.9 Å². The van der Waals surface area contributed by atoms with Crippen LogP contribution < -0.4 is 4.74 Å². The molecule has 0 saturated heterocycles. The van der Waals surface area contributed by atoms with Crippen LogP contribution in [-0.2, 0) is 12.6 Å². The van der Waals surface area contributed by atoms with Gasteiger partial charge in [0.1, 0.15) is 11.5 Å².